The number of nitrogen functional groups attached to an aromatic ring is 1. The van der Waals surface area contributed by atoms with Gasteiger partial charge in [-0.3, -0.25) is 5.41 Å². The molecule has 3 nitrogen and oxygen atoms in total. The van der Waals surface area contributed by atoms with Gasteiger partial charge in [-0.1, -0.05) is 30.3 Å². The van der Waals surface area contributed by atoms with E-state index >= 15 is 0 Å². The van der Waals surface area contributed by atoms with Gasteiger partial charge in [0.25, 0.3) is 0 Å². The second kappa shape index (κ2) is 4.45. The van der Waals surface area contributed by atoms with Gasteiger partial charge in [0, 0.05) is 6.42 Å². The number of thiazole rings is 1. The molecule has 0 spiro atoms. The fourth-order valence-corrected chi connectivity index (χ4v) is 2.51. The average Bonchev–Trinajstić information content (AvgIpc) is 2.61. The molecule has 3 N–H and O–H groups in total. The van der Waals surface area contributed by atoms with E-state index < -0.39 is 0 Å². The molecule has 0 unspecified atom stereocenters. The van der Waals surface area contributed by atoms with Gasteiger partial charge in [0.1, 0.15) is 5.84 Å². The number of nitrogens with zero attached hydrogens (tertiary/aromatic N) is 1. The molecular weight excluding hydrogens is 218 g/mol. The first-order valence-corrected chi connectivity index (χ1v) is 5.83. The smallest absolute Gasteiger partial charge is 0.135 e. The molecule has 1 aromatic heterocycles. The summed E-state index contributed by atoms with van der Waals surface area (Å²) in [5, 5.41) is 8.43. The monoisotopic (exact) mass is 231 g/mol. The molecule has 0 radical (unpaired) electrons. The van der Waals surface area contributed by atoms with E-state index in [0.717, 1.165) is 22.0 Å². The molecule has 0 aliphatic rings. The molecule has 16 heavy (non-hydrogen) atoms. The van der Waals surface area contributed by atoms with Crippen molar-refractivity contribution in [3.63, 3.8) is 0 Å². The molecule has 0 aliphatic heterocycles. The quantitative estimate of drug-likeness (QED) is 0.629. The van der Waals surface area contributed by atoms with Crippen molar-refractivity contribution >= 4 is 17.2 Å². The number of nitrogens with one attached hydrogen (secondary N) is 1. The summed E-state index contributed by atoms with van der Waals surface area (Å²) < 4.78 is 0. The van der Waals surface area contributed by atoms with Gasteiger partial charge in [-0.05, 0) is 12.5 Å². The maximum Gasteiger partial charge on any atom is 0.135 e. The summed E-state index contributed by atoms with van der Waals surface area (Å²) >= 11 is 1.50. The van der Waals surface area contributed by atoms with Crippen LogP contribution in [0.15, 0.2) is 30.3 Å². The number of rotatable bonds is 3. The van der Waals surface area contributed by atoms with Crippen molar-refractivity contribution in [3.8, 4) is 0 Å². The van der Waals surface area contributed by atoms with Crippen molar-refractivity contribution in [2.75, 3.05) is 0 Å². The summed E-state index contributed by atoms with van der Waals surface area (Å²) in [6, 6.07) is 10.2. The van der Waals surface area contributed by atoms with Crippen LogP contribution >= 0.6 is 11.3 Å². The number of aromatic nitrogens is 1. The molecule has 2 aromatic rings. The highest BCUT2D eigenvalue weighted by molar-refractivity contribution is 7.13. The molecule has 0 atom stereocenters. The van der Waals surface area contributed by atoms with E-state index in [4.69, 9.17) is 11.1 Å². The van der Waals surface area contributed by atoms with Crippen LogP contribution in [0.2, 0.25) is 0 Å². The first-order valence-electron chi connectivity index (χ1n) is 5.01. The van der Waals surface area contributed by atoms with Crippen molar-refractivity contribution in [3.05, 3.63) is 51.5 Å². The van der Waals surface area contributed by atoms with Crippen molar-refractivity contribution in [1.29, 1.82) is 5.41 Å². The van der Waals surface area contributed by atoms with Crippen LogP contribution in [0.3, 0.4) is 0 Å². The highest BCUT2D eigenvalue weighted by Crippen LogP contribution is 2.20. The molecule has 0 fully saturated rings. The average molecular weight is 231 g/mol. The molecule has 82 valence electrons. The molecule has 4 heteroatoms. The number of hydrogen-bond acceptors (Lipinski definition) is 3. The zero-order chi connectivity index (χ0) is 11.5. The normalized spacial score (nSPS) is 10.3. The minimum absolute atomic E-state index is 0.106. The Bertz CT molecular complexity index is 502. The van der Waals surface area contributed by atoms with Gasteiger partial charge in [0.2, 0.25) is 0 Å². The topological polar surface area (TPSA) is 62.8 Å². The molecule has 1 heterocycles. The standard InChI is InChI=1S/C12H13N3S/c1-8-11(12(13)14)16-10(15-8)7-9-5-3-2-4-6-9/h2-6H,7H2,1H3,(H3,13,14). The summed E-state index contributed by atoms with van der Waals surface area (Å²) in [7, 11) is 0. The predicted octanol–water partition coefficient (Wildman–Crippen LogP) is 2.33. The molecule has 0 saturated heterocycles. The molecule has 0 bridgehead atoms. The minimum Gasteiger partial charge on any atom is -0.383 e. The van der Waals surface area contributed by atoms with Gasteiger partial charge in [0.05, 0.1) is 15.6 Å². The fraction of sp³-hybridized carbons (Fsp3) is 0.167. The number of nitrogens with two attached hydrogens (primary N) is 1. The van der Waals surface area contributed by atoms with Crippen LogP contribution in [0.4, 0.5) is 0 Å². The van der Waals surface area contributed by atoms with Crippen LogP contribution in [-0.4, -0.2) is 10.8 Å². The molecule has 0 saturated carbocycles. The zero-order valence-electron chi connectivity index (χ0n) is 9.03. The van der Waals surface area contributed by atoms with E-state index in [1.165, 1.54) is 16.9 Å². The Labute approximate surface area is 98.5 Å². The molecule has 2 rings (SSSR count). The highest BCUT2D eigenvalue weighted by Gasteiger charge is 2.09. The van der Waals surface area contributed by atoms with Crippen molar-refractivity contribution in [1.82, 2.24) is 4.98 Å². The van der Waals surface area contributed by atoms with E-state index in [1.807, 2.05) is 25.1 Å². The highest BCUT2D eigenvalue weighted by atomic mass is 32.1. The maximum absolute atomic E-state index is 7.42. The van der Waals surface area contributed by atoms with Gasteiger partial charge in [-0.25, -0.2) is 4.98 Å². The summed E-state index contributed by atoms with van der Waals surface area (Å²) in [4.78, 5) is 5.21. The molecule has 0 amide bonds. The van der Waals surface area contributed by atoms with E-state index in [2.05, 4.69) is 17.1 Å². The number of hydrogen-bond donors (Lipinski definition) is 2. The van der Waals surface area contributed by atoms with Gasteiger partial charge >= 0.3 is 0 Å². The number of amidine groups is 1. The Hall–Kier alpha value is -1.68. The molecule has 0 aliphatic carbocycles. The van der Waals surface area contributed by atoms with Gasteiger partial charge in [0.15, 0.2) is 0 Å². The Morgan fingerprint density at radius 2 is 2.06 bits per heavy atom. The number of aryl methyl sites for hydroxylation is 1. The van der Waals surface area contributed by atoms with E-state index in [1.54, 1.807) is 0 Å². The zero-order valence-corrected chi connectivity index (χ0v) is 9.84. The lowest BCUT2D eigenvalue weighted by Gasteiger charge is -1.95. The molecular formula is C12H13N3S. The van der Waals surface area contributed by atoms with Crippen LogP contribution in [-0.2, 0) is 6.42 Å². The lowest BCUT2D eigenvalue weighted by molar-refractivity contribution is 1.10. The lowest BCUT2D eigenvalue weighted by Crippen LogP contribution is -2.10. The molecule has 1 aromatic carbocycles. The lowest BCUT2D eigenvalue weighted by atomic mass is 10.2. The first-order chi connectivity index (χ1) is 7.66. The summed E-state index contributed by atoms with van der Waals surface area (Å²) in [6.45, 7) is 1.89. The van der Waals surface area contributed by atoms with Gasteiger partial charge < -0.3 is 5.73 Å². The van der Waals surface area contributed by atoms with Crippen molar-refractivity contribution < 1.29 is 0 Å². The van der Waals surface area contributed by atoms with Gasteiger partial charge in [-0.2, -0.15) is 0 Å². The fourth-order valence-electron chi connectivity index (χ4n) is 1.55. The summed E-state index contributed by atoms with van der Waals surface area (Å²) in [5.41, 5.74) is 7.55. The second-order valence-electron chi connectivity index (χ2n) is 3.60. The third-order valence-electron chi connectivity index (χ3n) is 2.28. The van der Waals surface area contributed by atoms with Crippen molar-refractivity contribution in [2.24, 2.45) is 5.73 Å². The Kier molecular flexibility index (Phi) is 3.01. The Morgan fingerprint density at radius 3 is 2.62 bits per heavy atom. The maximum atomic E-state index is 7.42. The SMILES string of the molecule is Cc1nc(Cc2ccccc2)sc1C(=N)N. The van der Waals surface area contributed by atoms with E-state index in [0.29, 0.717) is 0 Å². The second-order valence-corrected chi connectivity index (χ2v) is 4.68. The van der Waals surface area contributed by atoms with E-state index in [9.17, 15) is 0 Å². The third kappa shape index (κ3) is 2.28. The van der Waals surface area contributed by atoms with Gasteiger partial charge in [-0.15, -0.1) is 11.3 Å². The predicted molar refractivity (Wildman–Crippen MR) is 67.1 cm³/mol. The Balaban J connectivity index is 2.23. The largest absolute Gasteiger partial charge is 0.383 e. The van der Waals surface area contributed by atoms with Crippen LogP contribution < -0.4 is 5.73 Å². The number of benzene rings is 1. The van der Waals surface area contributed by atoms with Crippen LogP contribution in [0, 0.1) is 12.3 Å². The van der Waals surface area contributed by atoms with E-state index in [-0.39, 0.29) is 5.84 Å². The summed E-state index contributed by atoms with van der Waals surface area (Å²) in [6.07, 6.45) is 0.805. The summed E-state index contributed by atoms with van der Waals surface area (Å²) in [5.74, 6) is 0.106. The van der Waals surface area contributed by atoms with Crippen LogP contribution in [0.25, 0.3) is 0 Å². The Morgan fingerprint density at radius 1 is 1.38 bits per heavy atom. The minimum atomic E-state index is 0.106. The first kappa shape index (κ1) is 10.8. The third-order valence-corrected chi connectivity index (χ3v) is 3.47. The van der Waals surface area contributed by atoms with Crippen molar-refractivity contribution in [2.45, 2.75) is 13.3 Å². The van der Waals surface area contributed by atoms with Crippen LogP contribution in [0.1, 0.15) is 21.1 Å². The van der Waals surface area contributed by atoms with Crippen LogP contribution in [0.5, 0.6) is 0 Å².